The first kappa shape index (κ1) is 14.8. The molecule has 0 saturated heterocycles. The van der Waals surface area contributed by atoms with Gasteiger partial charge in [-0.15, -0.1) is 0 Å². The maximum absolute atomic E-state index is 12.9. The molecule has 6 heteroatoms. The van der Waals surface area contributed by atoms with Crippen molar-refractivity contribution in [2.24, 2.45) is 0 Å². The van der Waals surface area contributed by atoms with Gasteiger partial charge in [0.2, 0.25) is 0 Å². The van der Waals surface area contributed by atoms with E-state index in [2.05, 4.69) is 5.32 Å². The lowest BCUT2D eigenvalue weighted by molar-refractivity contribution is 0.0956. The summed E-state index contributed by atoms with van der Waals surface area (Å²) in [5.41, 5.74) is 5.71. The van der Waals surface area contributed by atoms with Gasteiger partial charge in [-0.2, -0.15) is 11.8 Å². The van der Waals surface area contributed by atoms with E-state index < -0.39 is 5.82 Å². The summed E-state index contributed by atoms with van der Waals surface area (Å²) < 4.78 is 12.9. The predicted octanol–water partition coefficient (Wildman–Crippen LogP) is 1.25. The van der Waals surface area contributed by atoms with Crippen molar-refractivity contribution >= 4 is 23.4 Å². The van der Waals surface area contributed by atoms with E-state index >= 15 is 0 Å². The first-order valence-electron chi connectivity index (χ1n) is 5.67. The molecule has 100 valence electrons. The number of benzene rings is 1. The van der Waals surface area contributed by atoms with Gasteiger partial charge in [0, 0.05) is 24.5 Å². The first-order chi connectivity index (χ1) is 8.65. The summed E-state index contributed by atoms with van der Waals surface area (Å²) in [5, 5.41) is 11.3. The Morgan fingerprint density at radius 2 is 2.22 bits per heavy atom. The van der Waals surface area contributed by atoms with Gasteiger partial charge in [0.25, 0.3) is 5.91 Å². The zero-order valence-electron chi connectivity index (χ0n) is 9.99. The topological polar surface area (TPSA) is 75.4 Å². The zero-order chi connectivity index (χ0) is 13.4. The van der Waals surface area contributed by atoms with E-state index in [1.807, 2.05) is 0 Å². The maximum Gasteiger partial charge on any atom is 0.251 e. The van der Waals surface area contributed by atoms with Crippen molar-refractivity contribution in [2.45, 2.75) is 6.42 Å². The number of nitrogens with two attached hydrogens (primary N) is 1. The number of aliphatic hydroxyl groups is 1. The molecule has 1 rings (SSSR count). The number of aliphatic hydroxyl groups excluding tert-OH is 1. The Morgan fingerprint density at radius 1 is 1.44 bits per heavy atom. The fraction of sp³-hybridized carbons (Fsp3) is 0.417. The number of nitrogen functional groups attached to an aromatic ring is 1. The molecule has 0 spiro atoms. The highest BCUT2D eigenvalue weighted by Crippen LogP contribution is 2.12. The second-order valence-corrected chi connectivity index (χ2v) is 4.91. The summed E-state index contributed by atoms with van der Waals surface area (Å²) in [6.45, 7) is 0.723. The Morgan fingerprint density at radius 3 is 2.89 bits per heavy atom. The van der Waals surface area contributed by atoms with E-state index in [1.54, 1.807) is 11.8 Å². The van der Waals surface area contributed by atoms with Crippen LogP contribution in [0.4, 0.5) is 10.1 Å². The molecule has 0 fully saturated rings. The van der Waals surface area contributed by atoms with Crippen LogP contribution in [0.3, 0.4) is 0 Å². The van der Waals surface area contributed by atoms with Crippen molar-refractivity contribution < 1.29 is 14.3 Å². The van der Waals surface area contributed by atoms with Gasteiger partial charge < -0.3 is 16.2 Å². The highest BCUT2D eigenvalue weighted by molar-refractivity contribution is 7.99. The van der Waals surface area contributed by atoms with Gasteiger partial charge in [-0.05, 0) is 30.4 Å². The first-order valence-corrected chi connectivity index (χ1v) is 6.82. The van der Waals surface area contributed by atoms with Crippen molar-refractivity contribution in [1.29, 1.82) is 0 Å². The van der Waals surface area contributed by atoms with Crippen LogP contribution >= 0.6 is 11.8 Å². The van der Waals surface area contributed by atoms with Crippen LogP contribution in [0.5, 0.6) is 0 Å². The van der Waals surface area contributed by atoms with Crippen molar-refractivity contribution in [3.8, 4) is 0 Å². The second kappa shape index (κ2) is 7.94. The molecule has 0 aliphatic rings. The number of hydrogen-bond donors (Lipinski definition) is 3. The van der Waals surface area contributed by atoms with Gasteiger partial charge in [-0.1, -0.05) is 0 Å². The number of amides is 1. The molecule has 1 aromatic carbocycles. The Labute approximate surface area is 110 Å². The average molecular weight is 272 g/mol. The molecule has 0 saturated carbocycles. The van der Waals surface area contributed by atoms with Gasteiger partial charge in [-0.3, -0.25) is 4.79 Å². The molecule has 1 aromatic rings. The Balaban J connectivity index is 2.30. The SMILES string of the molecule is Nc1cc(C(=O)NCCSCCCO)ccc1F. The van der Waals surface area contributed by atoms with Crippen LogP contribution in [0.2, 0.25) is 0 Å². The highest BCUT2D eigenvalue weighted by atomic mass is 32.2. The average Bonchev–Trinajstić information content (AvgIpc) is 2.36. The molecule has 18 heavy (non-hydrogen) atoms. The number of carbonyl (C=O) groups excluding carboxylic acids is 1. The second-order valence-electron chi connectivity index (χ2n) is 3.68. The number of halogens is 1. The van der Waals surface area contributed by atoms with Gasteiger partial charge in [0.15, 0.2) is 0 Å². The van der Waals surface area contributed by atoms with Crippen LogP contribution in [-0.4, -0.2) is 35.7 Å². The predicted molar refractivity (Wildman–Crippen MR) is 72.2 cm³/mol. The molecule has 0 atom stereocenters. The van der Waals surface area contributed by atoms with Crippen LogP contribution in [0, 0.1) is 5.82 Å². The summed E-state index contributed by atoms with van der Waals surface area (Å²) in [6, 6.07) is 3.91. The molecule has 0 aromatic heterocycles. The molecular formula is C12H17FN2O2S. The number of rotatable bonds is 7. The van der Waals surface area contributed by atoms with E-state index in [0.29, 0.717) is 12.1 Å². The van der Waals surface area contributed by atoms with E-state index in [4.69, 9.17) is 10.8 Å². The summed E-state index contributed by atoms with van der Waals surface area (Å²) in [4.78, 5) is 11.7. The van der Waals surface area contributed by atoms with Crippen LogP contribution in [0.15, 0.2) is 18.2 Å². The lowest BCUT2D eigenvalue weighted by atomic mass is 10.2. The minimum atomic E-state index is -0.522. The molecule has 4 N–H and O–H groups in total. The highest BCUT2D eigenvalue weighted by Gasteiger charge is 2.07. The third-order valence-electron chi connectivity index (χ3n) is 2.24. The van der Waals surface area contributed by atoms with Crippen LogP contribution in [0.1, 0.15) is 16.8 Å². The van der Waals surface area contributed by atoms with Crippen LogP contribution < -0.4 is 11.1 Å². The van der Waals surface area contributed by atoms with Gasteiger partial charge in [-0.25, -0.2) is 4.39 Å². The normalized spacial score (nSPS) is 10.3. The van der Waals surface area contributed by atoms with Crippen LogP contribution in [-0.2, 0) is 0 Å². The van der Waals surface area contributed by atoms with Crippen molar-refractivity contribution in [3.63, 3.8) is 0 Å². The Hall–Kier alpha value is -1.27. The minimum absolute atomic E-state index is 0.0278. The molecule has 0 unspecified atom stereocenters. The molecule has 4 nitrogen and oxygen atoms in total. The van der Waals surface area contributed by atoms with Gasteiger partial charge >= 0.3 is 0 Å². The standard InChI is InChI=1S/C12H17FN2O2S/c13-10-3-2-9(8-11(10)14)12(17)15-4-7-18-6-1-5-16/h2-3,8,16H,1,4-7,14H2,(H,15,17). The molecule has 0 aliphatic heterocycles. The van der Waals surface area contributed by atoms with E-state index in [-0.39, 0.29) is 18.2 Å². The summed E-state index contributed by atoms with van der Waals surface area (Å²) >= 11 is 1.66. The number of carbonyl (C=O) groups is 1. The van der Waals surface area contributed by atoms with Crippen LogP contribution in [0.25, 0.3) is 0 Å². The summed E-state index contributed by atoms with van der Waals surface area (Å²) in [7, 11) is 0. The summed E-state index contributed by atoms with van der Waals surface area (Å²) in [6.07, 6.45) is 0.757. The van der Waals surface area contributed by atoms with E-state index in [1.165, 1.54) is 18.2 Å². The number of anilines is 1. The fourth-order valence-electron chi connectivity index (χ4n) is 1.29. The quantitative estimate of drug-likeness (QED) is 0.516. The van der Waals surface area contributed by atoms with Gasteiger partial charge in [0.1, 0.15) is 5.82 Å². The molecular weight excluding hydrogens is 255 g/mol. The molecule has 0 aliphatic carbocycles. The number of nitrogens with one attached hydrogen (secondary N) is 1. The van der Waals surface area contributed by atoms with Crippen molar-refractivity contribution in [3.05, 3.63) is 29.6 Å². The molecule has 0 heterocycles. The fourth-order valence-corrected chi connectivity index (χ4v) is 2.08. The minimum Gasteiger partial charge on any atom is -0.396 e. The molecule has 0 bridgehead atoms. The van der Waals surface area contributed by atoms with Gasteiger partial charge in [0.05, 0.1) is 5.69 Å². The number of thioether (sulfide) groups is 1. The van der Waals surface area contributed by atoms with Crippen molar-refractivity contribution in [2.75, 3.05) is 30.4 Å². The number of hydrogen-bond acceptors (Lipinski definition) is 4. The zero-order valence-corrected chi connectivity index (χ0v) is 10.8. The smallest absolute Gasteiger partial charge is 0.251 e. The third kappa shape index (κ3) is 4.93. The third-order valence-corrected chi connectivity index (χ3v) is 3.31. The lowest BCUT2D eigenvalue weighted by Gasteiger charge is -2.06. The monoisotopic (exact) mass is 272 g/mol. The largest absolute Gasteiger partial charge is 0.396 e. The molecule has 0 radical (unpaired) electrons. The van der Waals surface area contributed by atoms with E-state index in [9.17, 15) is 9.18 Å². The van der Waals surface area contributed by atoms with E-state index in [0.717, 1.165) is 17.9 Å². The summed E-state index contributed by atoms with van der Waals surface area (Å²) in [5.74, 6) is 0.869. The maximum atomic E-state index is 12.9. The molecule has 1 amide bonds. The van der Waals surface area contributed by atoms with Crippen molar-refractivity contribution in [1.82, 2.24) is 5.32 Å². The lowest BCUT2D eigenvalue weighted by Crippen LogP contribution is -2.26. The Kier molecular flexibility index (Phi) is 6.53. The Bertz CT molecular complexity index is 402.